The van der Waals surface area contributed by atoms with Gasteiger partial charge in [-0.15, -0.1) is 0 Å². The molecule has 0 radical (unpaired) electrons. The molecular weight excluding hydrogens is 280 g/mol. The first kappa shape index (κ1) is 12.6. The van der Waals surface area contributed by atoms with Gasteiger partial charge in [0, 0.05) is 10.5 Å². The molecule has 0 fully saturated rings. The Bertz CT molecular complexity index is 459. The Kier molecular flexibility index (Phi) is 3.27. The number of rotatable bonds is 3. The van der Waals surface area contributed by atoms with Crippen molar-refractivity contribution in [3.8, 4) is 0 Å². The Labute approximate surface area is 110 Å². The maximum atomic E-state index is 11.9. The zero-order chi connectivity index (χ0) is 12.6. The van der Waals surface area contributed by atoms with Crippen LogP contribution in [0.3, 0.4) is 0 Å². The second kappa shape index (κ2) is 4.42. The summed E-state index contributed by atoms with van der Waals surface area (Å²) in [6.07, 6.45) is 1.61. The molecule has 17 heavy (non-hydrogen) atoms. The predicted molar refractivity (Wildman–Crippen MR) is 71.6 cm³/mol. The fraction of sp³-hybridized carbons (Fsp3) is 0.462. The molecule has 3 N–H and O–H groups in total. The van der Waals surface area contributed by atoms with E-state index in [2.05, 4.69) is 21.2 Å². The largest absolute Gasteiger partial charge is 0.368 e. The molecule has 2 rings (SSSR count). The van der Waals surface area contributed by atoms with Crippen LogP contribution in [0.4, 0.5) is 0 Å². The van der Waals surface area contributed by atoms with E-state index in [1.54, 1.807) is 0 Å². The maximum Gasteiger partial charge on any atom is 0.242 e. The van der Waals surface area contributed by atoms with Crippen molar-refractivity contribution in [3.63, 3.8) is 0 Å². The van der Waals surface area contributed by atoms with Gasteiger partial charge in [0.05, 0.1) is 0 Å². The molecule has 3 nitrogen and oxygen atoms in total. The summed E-state index contributed by atoms with van der Waals surface area (Å²) in [5.41, 5.74) is 7.14. The number of halogens is 1. The lowest BCUT2D eigenvalue weighted by Gasteiger charge is -2.30. The molecule has 0 aromatic heterocycles. The monoisotopic (exact) mass is 296 g/mol. The molecule has 1 amide bonds. The molecule has 0 saturated carbocycles. The Hall–Kier alpha value is -0.870. The van der Waals surface area contributed by atoms with Crippen LogP contribution < -0.4 is 11.1 Å². The molecule has 1 aromatic rings. The lowest BCUT2D eigenvalue weighted by atomic mass is 9.90. The summed E-state index contributed by atoms with van der Waals surface area (Å²) in [5, 5.41) is 3.34. The topological polar surface area (TPSA) is 55.1 Å². The van der Waals surface area contributed by atoms with Gasteiger partial charge < -0.3 is 5.73 Å². The van der Waals surface area contributed by atoms with Crippen molar-refractivity contribution in [1.82, 2.24) is 5.32 Å². The van der Waals surface area contributed by atoms with Crippen LogP contribution >= 0.6 is 15.9 Å². The van der Waals surface area contributed by atoms with Crippen molar-refractivity contribution in [2.24, 2.45) is 5.73 Å². The van der Waals surface area contributed by atoms with E-state index in [0.717, 1.165) is 22.9 Å². The molecule has 1 atom stereocenters. The SMILES string of the molecule is CC(C)NC1(C(N)=O)CCc2c(Br)cccc21. The zero-order valence-corrected chi connectivity index (χ0v) is 11.7. The highest BCUT2D eigenvalue weighted by Crippen LogP contribution is 2.40. The third kappa shape index (κ3) is 2.00. The summed E-state index contributed by atoms with van der Waals surface area (Å²) in [6, 6.07) is 6.17. The molecule has 1 unspecified atom stereocenters. The minimum atomic E-state index is -0.701. The van der Waals surface area contributed by atoms with Crippen LogP contribution in [0.15, 0.2) is 22.7 Å². The average Bonchev–Trinajstić information content (AvgIpc) is 2.59. The molecule has 0 aliphatic heterocycles. The lowest BCUT2D eigenvalue weighted by molar-refractivity contribution is -0.125. The highest BCUT2D eigenvalue weighted by atomic mass is 79.9. The third-order valence-electron chi connectivity index (χ3n) is 3.28. The van der Waals surface area contributed by atoms with E-state index in [0.29, 0.717) is 0 Å². The van der Waals surface area contributed by atoms with E-state index in [9.17, 15) is 4.79 Å². The zero-order valence-electron chi connectivity index (χ0n) is 10.1. The summed E-state index contributed by atoms with van der Waals surface area (Å²) in [4.78, 5) is 11.9. The molecule has 0 spiro atoms. The summed E-state index contributed by atoms with van der Waals surface area (Å²) in [5.74, 6) is -0.289. The Balaban J connectivity index is 2.53. The second-order valence-corrected chi connectivity index (χ2v) is 5.69. The summed E-state index contributed by atoms with van der Waals surface area (Å²) >= 11 is 3.53. The first-order valence-electron chi connectivity index (χ1n) is 5.83. The van der Waals surface area contributed by atoms with Crippen LogP contribution in [0.25, 0.3) is 0 Å². The van der Waals surface area contributed by atoms with Crippen LogP contribution in [0.2, 0.25) is 0 Å². The predicted octanol–water partition coefficient (Wildman–Crippen LogP) is 2.07. The molecule has 0 heterocycles. The Morgan fingerprint density at radius 3 is 2.82 bits per heavy atom. The van der Waals surface area contributed by atoms with Crippen LogP contribution in [-0.4, -0.2) is 11.9 Å². The molecule has 0 bridgehead atoms. The van der Waals surface area contributed by atoms with Crippen molar-refractivity contribution in [1.29, 1.82) is 0 Å². The quantitative estimate of drug-likeness (QED) is 0.897. The minimum Gasteiger partial charge on any atom is -0.368 e. The van der Waals surface area contributed by atoms with Crippen molar-refractivity contribution in [3.05, 3.63) is 33.8 Å². The third-order valence-corrected chi connectivity index (χ3v) is 4.03. The number of primary amides is 1. The van der Waals surface area contributed by atoms with Gasteiger partial charge in [-0.05, 0) is 43.9 Å². The van der Waals surface area contributed by atoms with Gasteiger partial charge in [0.15, 0.2) is 0 Å². The van der Waals surface area contributed by atoms with Crippen molar-refractivity contribution in [2.45, 2.75) is 38.3 Å². The fourth-order valence-electron chi connectivity index (χ4n) is 2.63. The van der Waals surface area contributed by atoms with Crippen molar-refractivity contribution < 1.29 is 4.79 Å². The number of carbonyl (C=O) groups is 1. The first-order valence-corrected chi connectivity index (χ1v) is 6.62. The van der Waals surface area contributed by atoms with Gasteiger partial charge in [-0.1, -0.05) is 28.1 Å². The molecule has 4 heteroatoms. The molecule has 1 aliphatic carbocycles. The average molecular weight is 297 g/mol. The fourth-order valence-corrected chi connectivity index (χ4v) is 3.19. The highest BCUT2D eigenvalue weighted by Gasteiger charge is 2.44. The minimum absolute atomic E-state index is 0.215. The number of hydrogen-bond acceptors (Lipinski definition) is 2. The maximum absolute atomic E-state index is 11.9. The van der Waals surface area contributed by atoms with Gasteiger partial charge in [0.25, 0.3) is 0 Å². The van der Waals surface area contributed by atoms with Crippen LogP contribution in [0, 0.1) is 0 Å². The number of benzene rings is 1. The number of fused-ring (bicyclic) bond motifs is 1. The first-order chi connectivity index (χ1) is 7.97. The highest BCUT2D eigenvalue weighted by molar-refractivity contribution is 9.10. The van der Waals surface area contributed by atoms with E-state index in [4.69, 9.17) is 5.73 Å². The molecular formula is C13H17BrN2O. The number of nitrogens with two attached hydrogens (primary N) is 1. The molecule has 92 valence electrons. The van der Waals surface area contributed by atoms with Gasteiger partial charge in [0.1, 0.15) is 5.54 Å². The van der Waals surface area contributed by atoms with Crippen LogP contribution in [0.1, 0.15) is 31.4 Å². The second-order valence-electron chi connectivity index (χ2n) is 4.83. The summed E-state index contributed by atoms with van der Waals surface area (Å²) in [6.45, 7) is 4.06. The van der Waals surface area contributed by atoms with Crippen molar-refractivity contribution >= 4 is 21.8 Å². The molecule has 0 saturated heterocycles. The van der Waals surface area contributed by atoms with Gasteiger partial charge in [-0.3, -0.25) is 10.1 Å². The number of carbonyl (C=O) groups excluding carboxylic acids is 1. The molecule has 1 aliphatic rings. The summed E-state index contributed by atoms with van der Waals surface area (Å²) in [7, 11) is 0. The van der Waals surface area contributed by atoms with Gasteiger partial charge >= 0.3 is 0 Å². The van der Waals surface area contributed by atoms with E-state index in [1.165, 1.54) is 5.56 Å². The molecule has 1 aromatic carbocycles. The number of nitrogens with one attached hydrogen (secondary N) is 1. The van der Waals surface area contributed by atoms with Gasteiger partial charge in [0.2, 0.25) is 5.91 Å². The summed E-state index contributed by atoms with van der Waals surface area (Å²) < 4.78 is 1.06. The smallest absolute Gasteiger partial charge is 0.242 e. The van der Waals surface area contributed by atoms with Crippen LogP contribution in [0.5, 0.6) is 0 Å². The lowest BCUT2D eigenvalue weighted by Crippen LogP contribution is -2.53. The van der Waals surface area contributed by atoms with Gasteiger partial charge in [-0.25, -0.2) is 0 Å². The Morgan fingerprint density at radius 1 is 1.53 bits per heavy atom. The normalized spacial score (nSPS) is 22.8. The standard InChI is InChI=1S/C13H17BrN2O/c1-8(2)16-13(12(15)17)7-6-9-10(13)4-3-5-11(9)14/h3-5,8,16H,6-7H2,1-2H3,(H2,15,17). The number of hydrogen-bond donors (Lipinski definition) is 2. The van der Waals surface area contributed by atoms with Crippen LogP contribution in [-0.2, 0) is 16.8 Å². The van der Waals surface area contributed by atoms with E-state index < -0.39 is 5.54 Å². The van der Waals surface area contributed by atoms with Gasteiger partial charge in [-0.2, -0.15) is 0 Å². The van der Waals surface area contributed by atoms with E-state index in [-0.39, 0.29) is 11.9 Å². The van der Waals surface area contributed by atoms with E-state index >= 15 is 0 Å². The van der Waals surface area contributed by atoms with E-state index in [1.807, 2.05) is 32.0 Å². The number of amides is 1. The Morgan fingerprint density at radius 2 is 2.24 bits per heavy atom. The van der Waals surface area contributed by atoms with Crippen molar-refractivity contribution in [2.75, 3.05) is 0 Å².